The van der Waals surface area contributed by atoms with E-state index >= 15 is 0 Å². The van der Waals surface area contributed by atoms with Gasteiger partial charge in [0.25, 0.3) is 0 Å². The van der Waals surface area contributed by atoms with Gasteiger partial charge in [0.15, 0.2) is 5.82 Å². The van der Waals surface area contributed by atoms with Crippen molar-refractivity contribution in [1.29, 1.82) is 5.26 Å². The first-order valence-electron chi connectivity index (χ1n) is 7.15. The van der Waals surface area contributed by atoms with E-state index in [-0.39, 0.29) is 11.8 Å². The van der Waals surface area contributed by atoms with Crippen molar-refractivity contribution in [2.45, 2.75) is 26.7 Å². The maximum Gasteiger partial charge on any atom is 0.225 e. The molecule has 6 heteroatoms. The SMILES string of the molecule is Cc1nnc(N2CCC(C(=O)N(C)C)CC2)c(C#N)c1C. The van der Waals surface area contributed by atoms with Crippen LogP contribution < -0.4 is 4.90 Å². The van der Waals surface area contributed by atoms with E-state index in [0.29, 0.717) is 11.4 Å². The maximum atomic E-state index is 12.0. The average Bonchev–Trinajstić information content (AvgIpc) is 2.49. The molecule has 112 valence electrons. The molecule has 0 unspecified atom stereocenters. The number of amides is 1. The van der Waals surface area contributed by atoms with Crippen molar-refractivity contribution in [1.82, 2.24) is 15.1 Å². The minimum atomic E-state index is 0.0706. The zero-order valence-corrected chi connectivity index (χ0v) is 13.1. The Balaban J connectivity index is 2.15. The van der Waals surface area contributed by atoms with Crippen LogP contribution in [0.5, 0.6) is 0 Å². The Bertz CT molecular complexity index is 582. The van der Waals surface area contributed by atoms with Gasteiger partial charge in [-0.25, -0.2) is 0 Å². The molecule has 0 bridgehead atoms. The van der Waals surface area contributed by atoms with E-state index in [0.717, 1.165) is 37.2 Å². The molecule has 1 aromatic rings. The van der Waals surface area contributed by atoms with E-state index in [1.165, 1.54) is 0 Å². The average molecular weight is 287 g/mol. The van der Waals surface area contributed by atoms with Crippen LogP contribution in [0.25, 0.3) is 0 Å². The highest BCUT2D eigenvalue weighted by atomic mass is 16.2. The fraction of sp³-hybridized carbons (Fsp3) is 0.600. The Morgan fingerprint density at radius 2 is 1.90 bits per heavy atom. The van der Waals surface area contributed by atoms with Gasteiger partial charge < -0.3 is 9.80 Å². The molecule has 0 aromatic carbocycles. The van der Waals surface area contributed by atoms with Crippen molar-refractivity contribution in [3.05, 3.63) is 16.8 Å². The summed E-state index contributed by atoms with van der Waals surface area (Å²) in [6.45, 7) is 5.22. The quantitative estimate of drug-likeness (QED) is 0.819. The summed E-state index contributed by atoms with van der Waals surface area (Å²) < 4.78 is 0. The van der Waals surface area contributed by atoms with E-state index < -0.39 is 0 Å². The number of nitrogens with zero attached hydrogens (tertiary/aromatic N) is 5. The van der Waals surface area contributed by atoms with Gasteiger partial charge in [-0.05, 0) is 32.3 Å². The third-order valence-corrected chi connectivity index (χ3v) is 4.13. The highest BCUT2D eigenvalue weighted by Crippen LogP contribution is 2.26. The van der Waals surface area contributed by atoms with E-state index in [1.54, 1.807) is 19.0 Å². The second-order valence-electron chi connectivity index (χ2n) is 5.71. The molecular formula is C15H21N5O. The van der Waals surface area contributed by atoms with Crippen molar-refractivity contribution >= 4 is 11.7 Å². The molecule has 0 N–H and O–H groups in total. The van der Waals surface area contributed by atoms with Gasteiger partial charge in [-0.1, -0.05) is 0 Å². The van der Waals surface area contributed by atoms with Gasteiger partial charge in [0.2, 0.25) is 5.91 Å². The van der Waals surface area contributed by atoms with Crippen molar-refractivity contribution in [2.24, 2.45) is 5.92 Å². The molecule has 1 aliphatic rings. The first kappa shape index (κ1) is 15.2. The van der Waals surface area contributed by atoms with Crippen molar-refractivity contribution in [3.8, 4) is 6.07 Å². The summed E-state index contributed by atoms with van der Waals surface area (Å²) in [5.41, 5.74) is 2.27. The molecule has 0 atom stereocenters. The highest BCUT2D eigenvalue weighted by molar-refractivity contribution is 5.78. The minimum Gasteiger partial charge on any atom is -0.354 e. The Labute approximate surface area is 125 Å². The third-order valence-electron chi connectivity index (χ3n) is 4.13. The van der Waals surface area contributed by atoms with E-state index in [2.05, 4.69) is 21.2 Å². The lowest BCUT2D eigenvalue weighted by Gasteiger charge is -2.33. The largest absolute Gasteiger partial charge is 0.354 e. The number of rotatable bonds is 2. The number of carbonyl (C=O) groups is 1. The lowest BCUT2D eigenvalue weighted by molar-refractivity contribution is -0.133. The van der Waals surface area contributed by atoms with Gasteiger partial charge in [-0.3, -0.25) is 4.79 Å². The third kappa shape index (κ3) is 2.97. The van der Waals surface area contributed by atoms with Crippen LogP contribution in [0.15, 0.2) is 0 Å². The van der Waals surface area contributed by atoms with Crippen LogP contribution in [0.1, 0.15) is 29.7 Å². The second kappa shape index (κ2) is 6.08. The fourth-order valence-electron chi connectivity index (χ4n) is 2.65. The maximum absolute atomic E-state index is 12.0. The first-order valence-corrected chi connectivity index (χ1v) is 7.15. The molecule has 21 heavy (non-hydrogen) atoms. The Hall–Kier alpha value is -2.16. The monoisotopic (exact) mass is 287 g/mol. The van der Waals surface area contributed by atoms with Crippen LogP contribution in [0.3, 0.4) is 0 Å². The predicted octanol–water partition coefficient (Wildman–Crippen LogP) is 1.27. The molecule has 6 nitrogen and oxygen atoms in total. The van der Waals surface area contributed by atoms with E-state index in [9.17, 15) is 10.1 Å². The lowest BCUT2D eigenvalue weighted by Crippen LogP contribution is -2.40. The number of aryl methyl sites for hydroxylation is 1. The highest BCUT2D eigenvalue weighted by Gasteiger charge is 2.28. The molecule has 0 radical (unpaired) electrons. The number of hydrogen-bond acceptors (Lipinski definition) is 5. The molecule has 0 aliphatic carbocycles. The van der Waals surface area contributed by atoms with Gasteiger partial charge in [0, 0.05) is 33.1 Å². The number of piperidine rings is 1. The topological polar surface area (TPSA) is 73.1 Å². The van der Waals surface area contributed by atoms with Crippen molar-refractivity contribution in [2.75, 3.05) is 32.1 Å². The van der Waals surface area contributed by atoms with Crippen molar-refractivity contribution in [3.63, 3.8) is 0 Å². The summed E-state index contributed by atoms with van der Waals surface area (Å²) in [6, 6.07) is 2.23. The van der Waals surface area contributed by atoms with E-state index in [4.69, 9.17) is 0 Å². The summed E-state index contributed by atoms with van der Waals surface area (Å²) in [4.78, 5) is 15.7. The summed E-state index contributed by atoms with van der Waals surface area (Å²) in [7, 11) is 3.58. The minimum absolute atomic E-state index is 0.0706. The Kier molecular flexibility index (Phi) is 4.41. The molecule has 1 fully saturated rings. The number of hydrogen-bond donors (Lipinski definition) is 0. The number of carbonyl (C=O) groups excluding carboxylic acids is 1. The number of nitriles is 1. The summed E-state index contributed by atoms with van der Waals surface area (Å²) >= 11 is 0. The molecule has 0 spiro atoms. The van der Waals surface area contributed by atoms with Gasteiger partial charge in [-0.15, -0.1) is 5.10 Å². The Morgan fingerprint density at radius 1 is 1.29 bits per heavy atom. The first-order chi connectivity index (χ1) is 9.95. The predicted molar refractivity (Wildman–Crippen MR) is 79.9 cm³/mol. The zero-order chi connectivity index (χ0) is 15.6. The van der Waals surface area contributed by atoms with E-state index in [1.807, 2.05) is 13.8 Å². The molecule has 1 aromatic heterocycles. The molecule has 1 aliphatic heterocycles. The second-order valence-corrected chi connectivity index (χ2v) is 5.71. The van der Waals surface area contributed by atoms with Crippen LogP contribution in [0.2, 0.25) is 0 Å². The van der Waals surface area contributed by atoms with Crippen LogP contribution >= 0.6 is 0 Å². The molecule has 0 saturated carbocycles. The zero-order valence-electron chi connectivity index (χ0n) is 13.1. The van der Waals surface area contributed by atoms with Gasteiger partial charge in [0.05, 0.1) is 5.69 Å². The van der Waals surface area contributed by atoms with Crippen LogP contribution in [-0.4, -0.2) is 48.2 Å². The van der Waals surface area contributed by atoms with Crippen LogP contribution in [0.4, 0.5) is 5.82 Å². The Morgan fingerprint density at radius 3 is 2.43 bits per heavy atom. The normalized spacial score (nSPS) is 15.7. The van der Waals surface area contributed by atoms with Gasteiger partial charge in [0.1, 0.15) is 11.6 Å². The molecule has 1 amide bonds. The van der Waals surface area contributed by atoms with Crippen LogP contribution in [0, 0.1) is 31.1 Å². The molecule has 1 saturated heterocycles. The molecular weight excluding hydrogens is 266 g/mol. The van der Waals surface area contributed by atoms with Crippen molar-refractivity contribution < 1.29 is 4.79 Å². The summed E-state index contributed by atoms with van der Waals surface area (Å²) in [6.07, 6.45) is 1.58. The summed E-state index contributed by atoms with van der Waals surface area (Å²) in [5, 5.41) is 17.7. The molecule has 2 rings (SSSR count). The van der Waals surface area contributed by atoms with Crippen LogP contribution in [-0.2, 0) is 4.79 Å². The van der Waals surface area contributed by atoms with Gasteiger partial charge >= 0.3 is 0 Å². The fourth-order valence-corrected chi connectivity index (χ4v) is 2.65. The smallest absolute Gasteiger partial charge is 0.225 e. The lowest BCUT2D eigenvalue weighted by atomic mass is 9.95. The number of aromatic nitrogens is 2. The van der Waals surface area contributed by atoms with Gasteiger partial charge in [-0.2, -0.15) is 10.4 Å². The number of anilines is 1. The standard InChI is InChI=1S/C15H21N5O/c1-10-11(2)17-18-14(13(10)9-16)20-7-5-12(6-8-20)15(21)19(3)4/h12H,5-8H2,1-4H3. The molecule has 2 heterocycles. The summed E-state index contributed by atoms with van der Waals surface area (Å²) in [5.74, 6) is 0.902.